The maximum Gasteiger partial charge on any atom is 0.0520 e. The van der Waals surface area contributed by atoms with E-state index < -0.39 is 0 Å². The van der Waals surface area contributed by atoms with Crippen molar-refractivity contribution in [3.63, 3.8) is 0 Å². The van der Waals surface area contributed by atoms with Crippen molar-refractivity contribution in [2.75, 3.05) is 5.43 Å². The second-order valence-electron chi connectivity index (χ2n) is 3.46. The van der Waals surface area contributed by atoms with Crippen molar-refractivity contribution in [1.29, 1.82) is 0 Å². The van der Waals surface area contributed by atoms with Gasteiger partial charge in [-0.05, 0) is 23.6 Å². The monoisotopic (exact) mass is 198 g/mol. The fourth-order valence-electron chi connectivity index (χ4n) is 1.63. The summed E-state index contributed by atoms with van der Waals surface area (Å²) in [4.78, 5) is 0. The van der Waals surface area contributed by atoms with Gasteiger partial charge in [0, 0.05) is 0 Å². The molecule has 0 spiro atoms. The molecule has 0 fully saturated rings. The number of rotatable bonds is 3. The number of anilines is 1. The van der Waals surface area contributed by atoms with E-state index in [2.05, 4.69) is 23.6 Å². The molecule has 0 aromatic heterocycles. The minimum absolute atomic E-state index is 0.904. The van der Waals surface area contributed by atoms with Crippen molar-refractivity contribution >= 4 is 5.69 Å². The Morgan fingerprint density at radius 1 is 0.867 bits per heavy atom. The third-order valence-electron chi connectivity index (χ3n) is 2.41. The Bertz CT molecular complexity index is 424. The van der Waals surface area contributed by atoms with Crippen LogP contribution in [0.3, 0.4) is 0 Å². The van der Waals surface area contributed by atoms with Gasteiger partial charge in [0.05, 0.1) is 5.69 Å². The third kappa shape index (κ3) is 2.36. The van der Waals surface area contributed by atoms with Crippen LogP contribution in [0.25, 0.3) is 0 Å². The van der Waals surface area contributed by atoms with Gasteiger partial charge in [-0.15, -0.1) is 0 Å². The Kier molecular flexibility index (Phi) is 3.00. The molecule has 0 aliphatic rings. The number of nitrogen functional groups attached to an aromatic ring is 1. The number of hydrazine groups is 1. The Hall–Kier alpha value is -1.80. The topological polar surface area (TPSA) is 38.0 Å². The molecule has 15 heavy (non-hydrogen) atoms. The van der Waals surface area contributed by atoms with Crippen molar-refractivity contribution in [3.8, 4) is 0 Å². The van der Waals surface area contributed by atoms with E-state index in [0.717, 1.165) is 12.1 Å². The van der Waals surface area contributed by atoms with Gasteiger partial charge in [0.1, 0.15) is 0 Å². The lowest BCUT2D eigenvalue weighted by atomic mass is 10.0. The maximum absolute atomic E-state index is 5.45. The van der Waals surface area contributed by atoms with Crippen LogP contribution in [0.2, 0.25) is 0 Å². The fourth-order valence-corrected chi connectivity index (χ4v) is 1.63. The number of hydrogen-bond donors (Lipinski definition) is 2. The average molecular weight is 198 g/mol. The molecule has 0 aliphatic carbocycles. The summed E-state index contributed by atoms with van der Waals surface area (Å²) < 4.78 is 0. The van der Waals surface area contributed by atoms with Crippen LogP contribution >= 0.6 is 0 Å². The largest absolute Gasteiger partial charge is 0.324 e. The van der Waals surface area contributed by atoms with Crippen molar-refractivity contribution in [1.82, 2.24) is 0 Å². The standard InChI is InChI=1S/C13H14N2/c14-15-13-9-5-4-8-12(13)10-11-6-2-1-3-7-11/h1-9,15H,10,14H2. The van der Waals surface area contributed by atoms with E-state index in [1.807, 2.05) is 36.4 Å². The summed E-state index contributed by atoms with van der Waals surface area (Å²) in [5.41, 5.74) is 6.21. The first-order valence-electron chi connectivity index (χ1n) is 4.98. The van der Waals surface area contributed by atoms with Crippen LogP contribution < -0.4 is 11.3 Å². The molecule has 0 unspecified atom stereocenters. The van der Waals surface area contributed by atoms with Crippen LogP contribution in [0.5, 0.6) is 0 Å². The molecule has 3 N–H and O–H groups in total. The Morgan fingerprint density at radius 3 is 2.27 bits per heavy atom. The van der Waals surface area contributed by atoms with Crippen molar-refractivity contribution in [2.45, 2.75) is 6.42 Å². The maximum atomic E-state index is 5.45. The van der Waals surface area contributed by atoms with E-state index in [0.29, 0.717) is 0 Å². The highest BCUT2D eigenvalue weighted by atomic mass is 15.2. The molecule has 0 bridgehead atoms. The first-order chi connectivity index (χ1) is 7.40. The van der Waals surface area contributed by atoms with Gasteiger partial charge in [-0.1, -0.05) is 48.5 Å². The van der Waals surface area contributed by atoms with E-state index >= 15 is 0 Å². The Labute approximate surface area is 89.7 Å². The highest BCUT2D eigenvalue weighted by molar-refractivity contribution is 5.51. The van der Waals surface area contributed by atoms with Gasteiger partial charge in [0.25, 0.3) is 0 Å². The summed E-state index contributed by atoms with van der Waals surface area (Å²) in [6, 6.07) is 18.4. The Balaban J connectivity index is 2.24. The molecule has 2 aromatic rings. The van der Waals surface area contributed by atoms with Crippen LogP contribution in [0.1, 0.15) is 11.1 Å². The minimum Gasteiger partial charge on any atom is -0.324 e. The molecule has 0 aliphatic heterocycles. The van der Waals surface area contributed by atoms with Crippen molar-refractivity contribution in [2.24, 2.45) is 5.84 Å². The molecule has 0 heterocycles. The lowest BCUT2D eigenvalue weighted by Gasteiger charge is -2.08. The number of benzene rings is 2. The summed E-state index contributed by atoms with van der Waals surface area (Å²) in [5.74, 6) is 5.45. The highest BCUT2D eigenvalue weighted by Crippen LogP contribution is 2.17. The first-order valence-corrected chi connectivity index (χ1v) is 4.98. The molecule has 2 heteroatoms. The van der Waals surface area contributed by atoms with Crippen LogP contribution in [-0.2, 0) is 6.42 Å². The summed E-state index contributed by atoms with van der Waals surface area (Å²) >= 11 is 0. The SMILES string of the molecule is NNc1ccccc1Cc1ccccc1. The fraction of sp³-hybridized carbons (Fsp3) is 0.0769. The van der Waals surface area contributed by atoms with E-state index in [9.17, 15) is 0 Å². The van der Waals surface area contributed by atoms with Gasteiger partial charge in [-0.2, -0.15) is 0 Å². The number of para-hydroxylation sites is 1. The van der Waals surface area contributed by atoms with Gasteiger partial charge in [-0.25, -0.2) is 0 Å². The molecule has 0 saturated heterocycles. The smallest absolute Gasteiger partial charge is 0.0520 e. The van der Waals surface area contributed by atoms with E-state index in [1.165, 1.54) is 11.1 Å². The van der Waals surface area contributed by atoms with Gasteiger partial charge >= 0.3 is 0 Å². The van der Waals surface area contributed by atoms with Crippen LogP contribution in [0, 0.1) is 0 Å². The normalized spacial score (nSPS) is 9.93. The van der Waals surface area contributed by atoms with Gasteiger partial charge in [0.2, 0.25) is 0 Å². The van der Waals surface area contributed by atoms with Crippen LogP contribution in [-0.4, -0.2) is 0 Å². The molecule has 2 rings (SSSR count). The number of nitrogens with two attached hydrogens (primary N) is 1. The molecule has 76 valence electrons. The van der Waals surface area contributed by atoms with E-state index in [4.69, 9.17) is 5.84 Å². The van der Waals surface area contributed by atoms with Crippen molar-refractivity contribution < 1.29 is 0 Å². The predicted octanol–water partition coefficient (Wildman–Crippen LogP) is 2.56. The second-order valence-corrected chi connectivity index (χ2v) is 3.46. The number of nitrogens with one attached hydrogen (secondary N) is 1. The van der Waals surface area contributed by atoms with Crippen molar-refractivity contribution in [3.05, 3.63) is 65.7 Å². The van der Waals surface area contributed by atoms with Gasteiger partial charge in [-0.3, -0.25) is 5.84 Å². The van der Waals surface area contributed by atoms with Gasteiger partial charge in [0.15, 0.2) is 0 Å². The molecule has 0 amide bonds. The average Bonchev–Trinajstić information content (AvgIpc) is 2.31. The molecular weight excluding hydrogens is 184 g/mol. The quantitative estimate of drug-likeness (QED) is 0.587. The molecule has 2 nitrogen and oxygen atoms in total. The molecule has 0 atom stereocenters. The second kappa shape index (κ2) is 4.62. The lowest BCUT2D eigenvalue weighted by molar-refractivity contribution is 1.17. The Morgan fingerprint density at radius 2 is 1.53 bits per heavy atom. The highest BCUT2D eigenvalue weighted by Gasteiger charge is 2.00. The third-order valence-corrected chi connectivity index (χ3v) is 2.41. The zero-order valence-electron chi connectivity index (χ0n) is 8.48. The molecule has 0 radical (unpaired) electrons. The van der Waals surface area contributed by atoms with E-state index in [-0.39, 0.29) is 0 Å². The molecule has 2 aromatic carbocycles. The van der Waals surface area contributed by atoms with Gasteiger partial charge < -0.3 is 5.43 Å². The van der Waals surface area contributed by atoms with Crippen LogP contribution in [0.15, 0.2) is 54.6 Å². The number of hydrogen-bond acceptors (Lipinski definition) is 2. The summed E-state index contributed by atoms with van der Waals surface area (Å²) in [6.45, 7) is 0. The first kappa shape index (κ1) is 9.74. The molecular formula is C13H14N2. The predicted molar refractivity (Wildman–Crippen MR) is 63.5 cm³/mol. The summed E-state index contributed by atoms with van der Waals surface area (Å²) in [7, 11) is 0. The zero-order chi connectivity index (χ0) is 10.5. The summed E-state index contributed by atoms with van der Waals surface area (Å²) in [5, 5.41) is 0. The van der Waals surface area contributed by atoms with E-state index in [1.54, 1.807) is 0 Å². The zero-order valence-corrected chi connectivity index (χ0v) is 8.48. The lowest BCUT2D eigenvalue weighted by Crippen LogP contribution is -2.09. The van der Waals surface area contributed by atoms with Crippen LogP contribution in [0.4, 0.5) is 5.69 Å². The summed E-state index contributed by atoms with van der Waals surface area (Å²) in [6.07, 6.45) is 0.904. The molecule has 0 saturated carbocycles. The minimum atomic E-state index is 0.904.